The van der Waals surface area contributed by atoms with E-state index in [9.17, 15) is 9.59 Å². The lowest BCUT2D eigenvalue weighted by Crippen LogP contribution is -2.48. The van der Waals surface area contributed by atoms with Crippen LogP contribution in [0.25, 0.3) is 0 Å². The molecule has 0 radical (unpaired) electrons. The summed E-state index contributed by atoms with van der Waals surface area (Å²) in [6, 6.07) is -1.59. The Kier molecular flexibility index (Phi) is 6.64. The van der Waals surface area contributed by atoms with Crippen molar-refractivity contribution in [1.82, 2.24) is 5.32 Å². The van der Waals surface area contributed by atoms with E-state index < -0.39 is 24.0 Å². The maximum atomic E-state index is 11.4. The highest BCUT2D eigenvalue weighted by molar-refractivity contribution is 5.86. The molecular formula is C9H18N2O4. The normalized spacial score (nSPS) is 14.3. The van der Waals surface area contributed by atoms with Crippen LogP contribution in [0.3, 0.4) is 0 Å². The molecule has 0 saturated heterocycles. The molecule has 0 aromatic carbocycles. The maximum absolute atomic E-state index is 11.4. The molecule has 0 rings (SSSR count). The van der Waals surface area contributed by atoms with Gasteiger partial charge < -0.3 is 20.9 Å². The van der Waals surface area contributed by atoms with Crippen molar-refractivity contribution in [3.05, 3.63) is 0 Å². The Morgan fingerprint density at radius 1 is 1.53 bits per heavy atom. The molecule has 1 unspecified atom stereocenters. The molecule has 0 aliphatic carbocycles. The number of carbonyl (C=O) groups excluding carboxylic acids is 1. The van der Waals surface area contributed by atoms with Gasteiger partial charge in [-0.3, -0.25) is 4.79 Å². The third-order valence-electron chi connectivity index (χ3n) is 1.99. The third-order valence-corrected chi connectivity index (χ3v) is 1.99. The van der Waals surface area contributed by atoms with Crippen molar-refractivity contribution in [1.29, 1.82) is 0 Å². The van der Waals surface area contributed by atoms with Crippen molar-refractivity contribution in [3.8, 4) is 0 Å². The van der Waals surface area contributed by atoms with Gasteiger partial charge in [0.1, 0.15) is 6.04 Å². The highest BCUT2D eigenvalue weighted by Gasteiger charge is 2.21. The monoisotopic (exact) mass is 218 g/mol. The zero-order valence-electron chi connectivity index (χ0n) is 9.03. The van der Waals surface area contributed by atoms with Crippen molar-refractivity contribution >= 4 is 11.9 Å². The SMILES string of the molecule is CC[C@H](NC(=O)C(N)CCOC)C(=O)O. The molecule has 15 heavy (non-hydrogen) atoms. The van der Waals surface area contributed by atoms with Gasteiger partial charge >= 0.3 is 5.97 Å². The van der Waals surface area contributed by atoms with Gasteiger partial charge in [-0.2, -0.15) is 0 Å². The van der Waals surface area contributed by atoms with Gasteiger partial charge in [-0.25, -0.2) is 4.79 Å². The number of rotatable bonds is 7. The summed E-state index contributed by atoms with van der Waals surface area (Å²) in [5.74, 6) is -1.51. The number of carbonyl (C=O) groups is 2. The minimum atomic E-state index is -1.05. The number of carboxylic acid groups (broad SMARTS) is 1. The van der Waals surface area contributed by atoms with Gasteiger partial charge in [-0.15, -0.1) is 0 Å². The number of amides is 1. The van der Waals surface area contributed by atoms with E-state index in [1.165, 1.54) is 7.11 Å². The van der Waals surface area contributed by atoms with E-state index in [2.05, 4.69) is 5.32 Å². The van der Waals surface area contributed by atoms with Crippen molar-refractivity contribution < 1.29 is 19.4 Å². The van der Waals surface area contributed by atoms with E-state index in [-0.39, 0.29) is 0 Å². The molecule has 0 aromatic heterocycles. The lowest BCUT2D eigenvalue weighted by molar-refractivity contribution is -0.142. The quantitative estimate of drug-likeness (QED) is 0.526. The number of ether oxygens (including phenoxy) is 1. The molecule has 0 bridgehead atoms. The van der Waals surface area contributed by atoms with Crippen LogP contribution in [0.15, 0.2) is 0 Å². The first kappa shape index (κ1) is 13.9. The van der Waals surface area contributed by atoms with Gasteiger partial charge in [0.25, 0.3) is 0 Å². The lowest BCUT2D eigenvalue weighted by atomic mass is 10.1. The van der Waals surface area contributed by atoms with Crippen molar-refractivity contribution in [2.45, 2.75) is 31.8 Å². The van der Waals surface area contributed by atoms with Crippen LogP contribution in [0.4, 0.5) is 0 Å². The first-order valence-electron chi connectivity index (χ1n) is 4.80. The Labute approximate surface area is 88.8 Å². The second-order valence-corrected chi connectivity index (χ2v) is 3.20. The molecule has 0 aromatic rings. The van der Waals surface area contributed by atoms with Crippen LogP contribution >= 0.6 is 0 Å². The Morgan fingerprint density at radius 3 is 2.53 bits per heavy atom. The lowest BCUT2D eigenvalue weighted by Gasteiger charge is -2.16. The molecule has 0 saturated carbocycles. The number of hydrogen-bond donors (Lipinski definition) is 3. The van der Waals surface area contributed by atoms with Crippen molar-refractivity contribution in [2.24, 2.45) is 5.73 Å². The minimum Gasteiger partial charge on any atom is -0.480 e. The predicted octanol–water partition coefficient (Wildman–Crippen LogP) is -0.670. The molecule has 0 aliphatic rings. The van der Waals surface area contributed by atoms with Crippen LogP contribution in [0.2, 0.25) is 0 Å². The van der Waals surface area contributed by atoms with E-state index in [0.29, 0.717) is 19.4 Å². The van der Waals surface area contributed by atoms with Crippen molar-refractivity contribution in [2.75, 3.05) is 13.7 Å². The Balaban J connectivity index is 4.04. The van der Waals surface area contributed by atoms with Gasteiger partial charge in [0.15, 0.2) is 0 Å². The van der Waals surface area contributed by atoms with E-state index in [1.54, 1.807) is 6.92 Å². The summed E-state index contributed by atoms with van der Waals surface area (Å²) in [5, 5.41) is 11.1. The molecule has 0 fully saturated rings. The standard InChI is InChI=1S/C9H18N2O4/c1-3-7(9(13)14)11-8(12)6(10)4-5-15-2/h6-7H,3-5,10H2,1-2H3,(H,11,12)(H,13,14)/t6?,7-/m0/s1. The molecule has 4 N–H and O–H groups in total. The molecule has 6 heteroatoms. The van der Waals surface area contributed by atoms with E-state index >= 15 is 0 Å². The Morgan fingerprint density at radius 2 is 2.13 bits per heavy atom. The summed E-state index contributed by atoms with van der Waals surface area (Å²) in [5.41, 5.74) is 5.52. The van der Waals surface area contributed by atoms with Crippen LogP contribution in [-0.2, 0) is 14.3 Å². The number of aliphatic carboxylic acids is 1. The number of hydrogen-bond acceptors (Lipinski definition) is 4. The molecule has 0 spiro atoms. The fourth-order valence-corrected chi connectivity index (χ4v) is 0.993. The first-order valence-corrected chi connectivity index (χ1v) is 4.80. The number of nitrogens with two attached hydrogens (primary N) is 1. The largest absolute Gasteiger partial charge is 0.480 e. The topological polar surface area (TPSA) is 102 Å². The number of methoxy groups -OCH3 is 1. The third kappa shape index (κ3) is 5.34. The molecule has 0 aliphatic heterocycles. The van der Waals surface area contributed by atoms with Gasteiger partial charge in [-0.05, 0) is 12.8 Å². The zero-order valence-corrected chi connectivity index (χ0v) is 9.03. The molecular weight excluding hydrogens is 200 g/mol. The average molecular weight is 218 g/mol. The van der Waals surface area contributed by atoms with E-state index in [1.807, 2.05) is 0 Å². The zero-order chi connectivity index (χ0) is 11.8. The number of carboxylic acids is 1. The highest BCUT2D eigenvalue weighted by Crippen LogP contribution is 1.94. The summed E-state index contributed by atoms with van der Waals surface area (Å²) in [7, 11) is 1.51. The van der Waals surface area contributed by atoms with Gasteiger partial charge in [0.05, 0.1) is 6.04 Å². The molecule has 88 valence electrons. The number of nitrogens with one attached hydrogen (secondary N) is 1. The minimum absolute atomic E-state index is 0.331. The molecule has 6 nitrogen and oxygen atoms in total. The second-order valence-electron chi connectivity index (χ2n) is 3.20. The van der Waals surface area contributed by atoms with Crippen LogP contribution in [0.1, 0.15) is 19.8 Å². The summed E-state index contributed by atoms with van der Waals surface area (Å²) in [4.78, 5) is 22.0. The fourth-order valence-electron chi connectivity index (χ4n) is 0.993. The van der Waals surface area contributed by atoms with Gasteiger partial charge in [-0.1, -0.05) is 6.92 Å². The Hall–Kier alpha value is -1.14. The van der Waals surface area contributed by atoms with Crippen LogP contribution in [-0.4, -0.2) is 42.8 Å². The maximum Gasteiger partial charge on any atom is 0.326 e. The van der Waals surface area contributed by atoms with Crippen LogP contribution in [0, 0.1) is 0 Å². The molecule has 1 amide bonds. The first-order chi connectivity index (χ1) is 7.02. The van der Waals surface area contributed by atoms with E-state index in [4.69, 9.17) is 15.6 Å². The van der Waals surface area contributed by atoms with Gasteiger partial charge in [0, 0.05) is 13.7 Å². The summed E-state index contributed by atoms with van der Waals surface area (Å²) >= 11 is 0. The Bertz CT molecular complexity index is 220. The van der Waals surface area contributed by atoms with Gasteiger partial charge in [0.2, 0.25) is 5.91 Å². The second kappa shape index (κ2) is 7.19. The highest BCUT2D eigenvalue weighted by atomic mass is 16.5. The average Bonchev–Trinajstić information content (AvgIpc) is 2.21. The molecule has 2 atom stereocenters. The molecule has 0 heterocycles. The smallest absolute Gasteiger partial charge is 0.326 e. The summed E-state index contributed by atoms with van der Waals surface area (Å²) in [6.07, 6.45) is 0.705. The van der Waals surface area contributed by atoms with Crippen LogP contribution in [0.5, 0.6) is 0 Å². The van der Waals surface area contributed by atoms with Crippen LogP contribution < -0.4 is 11.1 Å². The fraction of sp³-hybridized carbons (Fsp3) is 0.778. The summed E-state index contributed by atoms with van der Waals surface area (Å²) < 4.78 is 4.77. The van der Waals surface area contributed by atoms with Crippen molar-refractivity contribution in [3.63, 3.8) is 0 Å². The predicted molar refractivity (Wildman–Crippen MR) is 54.3 cm³/mol. The van der Waals surface area contributed by atoms with E-state index in [0.717, 1.165) is 0 Å². The summed E-state index contributed by atoms with van der Waals surface area (Å²) in [6.45, 7) is 2.05.